The third kappa shape index (κ3) is 1.41. The monoisotopic (exact) mass is 209 g/mol. The topological polar surface area (TPSA) is 63.3 Å². The fourth-order valence-corrected chi connectivity index (χ4v) is 2.12. The minimum Gasteiger partial charge on any atom is -0.481 e. The van der Waals surface area contributed by atoms with E-state index in [1.54, 1.807) is 6.07 Å². The van der Waals surface area contributed by atoms with Crippen molar-refractivity contribution in [1.82, 2.24) is 0 Å². The lowest BCUT2D eigenvalue weighted by Gasteiger charge is -2.12. The Morgan fingerprint density at radius 3 is 2.87 bits per heavy atom. The third-order valence-corrected chi connectivity index (χ3v) is 3.11. The van der Waals surface area contributed by atoms with Crippen molar-refractivity contribution in [2.75, 3.05) is 6.54 Å². The van der Waals surface area contributed by atoms with Crippen LogP contribution in [0.1, 0.15) is 12.0 Å². The SMILES string of the molecule is NCC1CC1(C(=O)O)c1cccc(F)c1. The molecule has 2 atom stereocenters. The number of nitrogens with two attached hydrogens (primary N) is 1. The van der Waals surface area contributed by atoms with Crippen molar-refractivity contribution < 1.29 is 14.3 Å². The van der Waals surface area contributed by atoms with Gasteiger partial charge in [-0.1, -0.05) is 12.1 Å². The van der Waals surface area contributed by atoms with Crippen molar-refractivity contribution in [3.05, 3.63) is 35.6 Å². The maximum absolute atomic E-state index is 13.0. The highest BCUT2D eigenvalue weighted by atomic mass is 19.1. The van der Waals surface area contributed by atoms with Crippen LogP contribution in [0.5, 0.6) is 0 Å². The molecule has 4 heteroatoms. The van der Waals surface area contributed by atoms with Crippen LogP contribution in [0.25, 0.3) is 0 Å². The van der Waals surface area contributed by atoms with Crippen LogP contribution in [0.2, 0.25) is 0 Å². The third-order valence-electron chi connectivity index (χ3n) is 3.11. The first-order chi connectivity index (χ1) is 7.11. The van der Waals surface area contributed by atoms with Gasteiger partial charge in [0.05, 0.1) is 5.41 Å². The molecule has 15 heavy (non-hydrogen) atoms. The molecule has 1 aromatic rings. The number of aliphatic carboxylic acids is 1. The molecule has 3 nitrogen and oxygen atoms in total. The lowest BCUT2D eigenvalue weighted by Crippen LogP contribution is -2.25. The summed E-state index contributed by atoms with van der Waals surface area (Å²) in [6.07, 6.45) is 0.502. The van der Waals surface area contributed by atoms with E-state index >= 15 is 0 Å². The van der Waals surface area contributed by atoms with Gasteiger partial charge in [-0.2, -0.15) is 0 Å². The molecule has 2 rings (SSSR count). The van der Waals surface area contributed by atoms with Crippen LogP contribution in [0.15, 0.2) is 24.3 Å². The second-order valence-electron chi connectivity index (χ2n) is 3.92. The molecular weight excluding hydrogens is 197 g/mol. The summed E-state index contributed by atoms with van der Waals surface area (Å²) in [5, 5.41) is 9.17. The molecule has 0 bridgehead atoms. The van der Waals surface area contributed by atoms with Gasteiger partial charge < -0.3 is 10.8 Å². The number of hydrogen-bond donors (Lipinski definition) is 2. The molecule has 80 valence electrons. The van der Waals surface area contributed by atoms with Crippen molar-refractivity contribution >= 4 is 5.97 Å². The van der Waals surface area contributed by atoms with Gasteiger partial charge in [-0.25, -0.2) is 4.39 Å². The van der Waals surface area contributed by atoms with Gasteiger partial charge in [-0.15, -0.1) is 0 Å². The highest BCUT2D eigenvalue weighted by Crippen LogP contribution is 2.53. The van der Waals surface area contributed by atoms with Crippen molar-refractivity contribution in [3.8, 4) is 0 Å². The molecular formula is C11H12FNO2. The Balaban J connectivity index is 2.40. The van der Waals surface area contributed by atoms with E-state index in [0.717, 1.165) is 0 Å². The van der Waals surface area contributed by atoms with Crippen LogP contribution in [0.4, 0.5) is 4.39 Å². The number of carboxylic acid groups (broad SMARTS) is 1. The average molecular weight is 209 g/mol. The van der Waals surface area contributed by atoms with Gasteiger partial charge in [-0.3, -0.25) is 4.79 Å². The molecule has 0 amide bonds. The maximum atomic E-state index is 13.0. The number of rotatable bonds is 3. The van der Waals surface area contributed by atoms with Crippen molar-refractivity contribution in [3.63, 3.8) is 0 Å². The zero-order valence-electron chi connectivity index (χ0n) is 8.11. The van der Waals surface area contributed by atoms with Crippen LogP contribution < -0.4 is 5.73 Å². The Bertz CT molecular complexity index is 407. The minimum atomic E-state index is -0.948. The van der Waals surface area contributed by atoms with Crippen LogP contribution in [-0.2, 0) is 10.2 Å². The number of halogens is 1. The van der Waals surface area contributed by atoms with E-state index in [-0.39, 0.29) is 5.92 Å². The molecule has 0 aliphatic heterocycles. The van der Waals surface area contributed by atoms with E-state index in [4.69, 9.17) is 5.73 Å². The van der Waals surface area contributed by atoms with Crippen molar-refractivity contribution in [1.29, 1.82) is 0 Å². The zero-order valence-corrected chi connectivity index (χ0v) is 8.11. The van der Waals surface area contributed by atoms with E-state index in [2.05, 4.69) is 0 Å². The highest BCUT2D eigenvalue weighted by Gasteiger charge is 2.60. The Kier molecular flexibility index (Phi) is 2.23. The normalized spacial score (nSPS) is 28.8. The van der Waals surface area contributed by atoms with Crippen LogP contribution in [-0.4, -0.2) is 17.6 Å². The molecule has 0 spiro atoms. The first-order valence-corrected chi connectivity index (χ1v) is 4.81. The summed E-state index contributed by atoms with van der Waals surface area (Å²) < 4.78 is 13.0. The molecule has 0 saturated heterocycles. The van der Waals surface area contributed by atoms with Gasteiger partial charge in [0.25, 0.3) is 0 Å². The molecule has 0 radical (unpaired) electrons. The molecule has 1 saturated carbocycles. The standard InChI is InChI=1S/C11H12FNO2/c12-9-3-1-2-7(4-9)11(10(14)15)5-8(11)6-13/h1-4,8H,5-6,13H2,(H,14,15). The summed E-state index contributed by atoms with van der Waals surface area (Å²) in [4.78, 5) is 11.2. The number of carboxylic acids is 1. The van der Waals surface area contributed by atoms with Crippen LogP contribution in [0.3, 0.4) is 0 Å². The van der Waals surface area contributed by atoms with Crippen LogP contribution >= 0.6 is 0 Å². The van der Waals surface area contributed by atoms with Crippen LogP contribution in [0, 0.1) is 11.7 Å². The summed E-state index contributed by atoms with van der Waals surface area (Å²) >= 11 is 0. The fraction of sp³-hybridized carbons (Fsp3) is 0.364. The van der Waals surface area contributed by atoms with Crippen molar-refractivity contribution in [2.24, 2.45) is 11.7 Å². The predicted molar refractivity (Wildman–Crippen MR) is 52.9 cm³/mol. The molecule has 3 N–H and O–H groups in total. The second-order valence-corrected chi connectivity index (χ2v) is 3.92. The predicted octanol–water partition coefficient (Wildman–Crippen LogP) is 1.13. The number of benzene rings is 1. The molecule has 1 aliphatic rings. The summed E-state index contributed by atoms with van der Waals surface area (Å²) in [6, 6.07) is 5.76. The Labute approximate surface area is 86.7 Å². The molecule has 0 aromatic heterocycles. The maximum Gasteiger partial charge on any atom is 0.314 e. The molecule has 1 aliphatic carbocycles. The highest BCUT2D eigenvalue weighted by molar-refractivity contribution is 5.85. The minimum absolute atomic E-state index is 0.0724. The van der Waals surface area contributed by atoms with Gasteiger partial charge in [0.2, 0.25) is 0 Å². The average Bonchev–Trinajstić information content (AvgIpc) is 2.93. The first-order valence-electron chi connectivity index (χ1n) is 4.81. The van der Waals surface area contributed by atoms with Gasteiger partial charge >= 0.3 is 5.97 Å². The summed E-state index contributed by atoms with van der Waals surface area (Å²) in [7, 11) is 0. The molecule has 0 heterocycles. The van der Waals surface area contributed by atoms with Gasteiger partial charge in [0.15, 0.2) is 0 Å². The molecule has 2 unspecified atom stereocenters. The quantitative estimate of drug-likeness (QED) is 0.784. The lowest BCUT2D eigenvalue weighted by molar-refractivity contribution is -0.140. The Morgan fingerprint density at radius 1 is 1.67 bits per heavy atom. The summed E-state index contributed by atoms with van der Waals surface area (Å²) in [6.45, 7) is 0.322. The van der Waals surface area contributed by atoms with Gasteiger partial charge in [-0.05, 0) is 36.6 Å². The summed E-state index contributed by atoms with van der Waals surface area (Å²) in [5.74, 6) is -1.39. The lowest BCUT2D eigenvalue weighted by atomic mass is 9.93. The first kappa shape index (κ1) is 10.1. The van der Waals surface area contributed by atoms with E-state index < -0.39 is 17.2 Å². The Hall–Kier alpha value is -1.42. The second kappa shape index (κ2) is 3.31. The smallest absolute Gasteiger partial charge is 0.314 e. The van der Waals surface area contributed by atoms with Gasteiger partial charge in [0.1, 0.15) is 5.82 Å². The van der Waals surface area contributed by atoms with Crippen molar-refractivity contribution in [2.45, 2.75) is 11.8 Å². The van der Waals surface area contributed by atoms with E-state index in [0.29, 0.717) is 18.5 Å². The zero-order chi connectivity index (χ0) is 11.1. The number of carbonyl (C=O) groups is 1. The summed E-state index contributed by atoms with van der Waals surface area (Å²) in [5.41, 5.74) is 5.04. The van der Waals surface area contributed by atoms with E-state index in [9.17, 15) is 14.3 Å². The number of hydrogen-bond acceptors (Lipinski definition) is 2. The Morgan fingerprint density at radius 2 is 2.40 bits per heavy atom. The van der Waals surface area contributed by atoms with E-state index in [1.807, 2.05) is 0 Å². The fourth-order valence-electron chi connectivity index (χ4n) is 2.12. The molecule has 1 fully saturated rings. The largest absolute Gasteiger partial charge is 0.481 e. The van der Waals surface area contributed by atoms with Gasteiger partial charge in [0, 0.05) is 0 Å². The molecule has 1 aromatic carbocycles. The van der Waals surface area contributed by atoms with E-state index in [1.165, 1.54) is 18.2 Å².